The molecule has 1 amide bonds. The summed E-state index contributed by atoms with van der Waals surface area (Å²) in [6.45, 7) is 4.01. The number of carbonyl (C=O) groups is 2. The Morgan fingerprint density at radius 2 is 2.00 bits per heavy atom. The van der Waals surface area contributed by atoms with Gasteiger partial charge in [-0.05, 0) is 32.2 Å². The molecule has 5 heteroatoms. The number of carboxylic acid groups (broad SMARTS) is 1. The molecule has 0 saturated carbocycles. The highest BCUT2D eigenvalue weighted by atomic mass is 16.4. The summed E-state index contributed by atoms with van der Waals surface area (Å²) >= 11 is 0. The first-order chi connectivity index (χ1) is 7.09. The highest BCUT2D eigenvalue weighted by Crippen LogP contribution is 2.15. The Hall–Kier alpha value is -1.10. The highest BCUT2D eigenvalue weighted by molar-refractivity contribution is 5.77. The molecule has 1 aliphatic rings. The van der Waals surface area contributed by atoms with E-state index in [1.807, 2.05) is 0 Å². The fourth-order valence-electron chi connectivity index (χ4n) is 1.78. The van der Waals surface area contributed by atoms with Gasteiger partial charge in [-0.25, -0.2) is 4.79 Å². The summed E-state index contributed by atoms with van der Waals surface area (Å²) < 4.78 is 0. The highest BCUT2D eigenvalue weighted by Gasteiger charge is 2.21. The van der Waals surface area contributed by atoms with Crippen molar-refractivity contribution in [3.63, 3.8) is 0 Å². The first kappa shape index (κ1) is 12.0. The second-order valence-corrected chi connectivity index (χ2v) is 4.05. The van der Waals surface area contributed by atoms with Gasteiger partial charge in [0.2, 0.25) is 0 Å². The summed E-state index contributed by atoms with van der Waals surface area (Å²) in [6.07, 6.45) is 0.944. The topological polar surface area (TPSA) is 69.6 Å². The van der Waals surface area contributed by atoms with Gasteiger partial charge >= 0.3 is 6.09 Å². The van der Waals surface area contributed by atoms with Crippen molar-refractivity contribution in [2.75, 3.05) is 26.2 Å². The zero-order valence-electron chi connectivity index (χ0n) is 9.03. The SMILES string of the molecule is CC(=O)CNCC1CCN(C(=O)O)CC1. The molecule has 0 unspecified atom stereocenters. The van der Waals surface area contributed by atoms with E-state index >= 15 is 0 Å². The maximum atomic E-state index is 10.7. The molecule has 0 aromatic carbocycles. The van der Waals surface area contributed by atoms with Crippen molar-refractivity contribution >= 4 is 11.9 Å². The minimum absolute atomic E-state index is 0.137. The zero-order valence-corrected chi connectivity index (χ0v) is 9.03. The number of hydrogen-bond donors (Lipinski definition) is 2. The molecule has 1 saturated heterocycles. The van der Waals surface area contributed by atoms with Gasteiger partial charge in [0, 0.05) is 13.1 Å². The summed E-state index contributed by atoms with van der Waals surface area (Å²) in [5.41, 5.74) is 0. The molecule has 5 nitrogen and oxygen atoms in total. The molecule has 2 N–H and O–H groups in total. The third-order valence-corrected chi connectivity index (χ3v) is 2.69. The van der Waals surface area contributed by atoms with Gasteiger partial charge in [-0.15, -0.1) is 0 Å². The average Bonchev–Trinajstić information content (AvgIpc) is 2.18. The molecule has 15 heavy (non-hydrogen) atoms. The van der Waals surface area contributed by atoms with E-state index in [1.54, 1.807) is 6.92 Å². The molecule has 1 aliphatic heterocycles. The quantitative estimate of drug-likeness (QED) is 0.717. The Labute approximate surface area is 89.4 Å². The maximum absolute atomic E-state index is 10.7. The number of Topliss-reactive ketones (excluding diaryl/α,β-unsaturated/α-hetero) is 1. The van der Waals surface area contributed by atoms with Crippen molar-refractivity contribution in [2.45, 2.75) is 19.8 Å². The molecule has 1 heterocycles. The van der Waals surface area contributed by atoms with E-state index in [1.165, 1.54) is 4.90 Å². The third-order valence-electron chi connectivity index (χ3n) is 2.69. The summed E-state index contributed by atoms with van der Waals surface area (Å²) in [4.78, 5) is 22.8. The van der Waals surface area contributed by atoms with Gasteiger partial charge < -0.3 is 15.3 Å². The van der Waals surface area contributed by atoms with Crippen LogP contribution in [0.2, 0.25) is 0 Å². The van der Waals surface area contributed by atoms with E-state index in [4.69, 9.17) is 5.11 Å². The van der Waals surface area contributed by atoms with Gasteiger partial charge in [-0.1, -0.05) is 0 Å². The van der Waals surface area contributed by atoms with Gasteiger partial charge in [0.05, 0.1) is 6.54 Å². The van der Waals surface area contributed by atoms with E-state index in [0.29, 0.717) is 25.6 Å². The summed E-state index contributed by atoms with van der Waals surface area (Å²) in [6, 6.07) is 0. The van der Waals surface area contributed by atoms with Crippen LogP contribution >= 0.6 is 0 Å². The van der Waals surface area contributed by atoms with Crippen LogP contribution in [-0.2, 0) is 4.79 Å². The smallest absolute Gasteiger partial charge is 0.407 e. The molecule has 0 radical (unpaired) electrons. The van der Waals surface area contributed by atoms with E-state index in [0.717, 1.165) is 19.4 Å². The van der Waals surface area contributed by atoms with Gasteiger partial charge in [0.25, 0.3) is 0 Å². The number of nitrogens with zero attached hydrogens (tertiary/aromatic N) is 1. The first-order valence-corrected chi connectivity index (χ1v) is 5.27. The lowest BCUT2D eigenvalue weighted by molar-refractivity contribution is -0.116. The molecule has 1 fully saturated rings. The number of carbonyl (C=O) groups excluding carboxylic acids is 1. The van der Waals surface area contributed by atoms with Crippen molar-refractivity contribution in [1.29, 1.82) is 0 Å². The minimum atomic E-state index is -0.829. The number of ketones is 1. The lowest BCUT2D eigenvalue weighted by Gasteiger charge is -2.29. The number of likely N-dealkylation sites (tertiary alicyclic amines) is 1. The van der Waals surface area contributed by atoms with Gasteiger partial charge in [0.1, 0.15) is 5.78 Å². The van der Waals surface area contributed by atoms with E-state index in [9.17, 15) is 9.59 Å². The standard InChI is InChI=1S/C10H18N2O3/c1-8(13)6-11-7-9-2-4-12(5-3-9)10(14)15/h9,11H,2-7H2,1H3,(H,14,15). The molecule has 0 aliphatic carbocycles. The van der Waals surface area contributed by atoms with Crippen LogP contribution in [-0.4, -0.2) is 48.1 Å². The van der Waals surface area contributed by atoms with Gasteiger partial charge in [-0.3, -0.25) is 4.79 Å². The van der Waals surface area contributed by atoms with Gasteiger partial charge in [-0.2, -0.15) is 0 Å². The number of hydrogen-bond acceptors (Lipinski definition) is 3. The Balaban J connectivity index is 2.14. The minimum Gasteiger partial charge on any atom is -0.465 e. The normalized spacial score (nSPS) is 17.8. The summed E-state index contributed by atoms with van der Waals surface area (Å²) in [5.74, 6) is 0.637. The van der Waals surface area contributed by atoms with Crippen LogP contribution in [0.4, 0.5) is 4.79 Å². The largest absolute Gasteiger partial charge is 0.465 e. The second kappa shape index (κ2) is 5.70. The predicted octanol–water partition coefficient (Wildman–Crippen LogP) is 0.555. The molecular formula is C10H18N2O3. The van der Waals surface area contributed by atoms with Crippen molar-refractivity contribution in [2.24, 2.45) is 5.92 Å². The van der Waals surface area contributed by atoms with E-state index in [2.05, 4.69) is 5.32 Å². The lowest BCUT2D eigenvalue weighted by Crippen LogP contribution is -2.40. The molecular weight excluding hydrogens is 196 g/mol. The van der Waals surface area contributed by atoms with Crippen LogP contribution in [0.5, 0.6) is 0 Å². The van der Waals surface area contributed by atoms with Crippen molar-refractivity contribution < 1.29 is 14.7 Å². The molecule has 0 spiro atoms. The van der Waals surface area contributed by atoms with Gasteiger partial charge in [0.15, 0.2) is 0 Å². The Morgan fingerprint density at radius 1 is 1.40 bits per heavy atom. The Morgan fingerprint density at radius 3 is 2.47 bits per heavy atom. The number of piperidine rings is 1. The molecule has 0 aromatic heterocycles. The zero-order chi connectivity index (χ0) is 11.3. The molecule has 1 rings (SSSR count). The van der Waals surface area contributed by atoms with Crippen molar-refractivity contribution in [3.8, 4) is 0 Å². The molecule has 0 aromatic rings. The monoisotopic (exact) mass is 214 g/mol. The van der Waals surface area contributed by atoms with Crippen LogP contribution < -0.4 is 5.32 Å². The molecule has 0 atom stereocenters. The number of amides is 1. The lowest BCUT2D eigenvalue weighted by atomic mass is 9.97. The molecule has 0 bridgehead atoms. The van der Waals surface area contributed by atoms with Crippen molar-refractivity contribution in [3.05, 3.63) is 0 Å². The summed E-state index contributed by atoms with van der Waals surface area (Å²) in [7, 11) is 0. The van der Waals surface area contributed by atoms with Crippen LogP contribution in [0.25, 0.3) is 0 Å². The van der Waals surface area contributed by atoms with Crippen LogP contribution in [0.15, 0.2) is 0 Å². The van der Waals surface area contributed by atoms with Crippen molar-refractivity contribution in [1.82, 2.24) is 10.2 Å². The fourth-order valence-corrected chi connectivity index (χ4v) is 1.78. The number of rotatable bonds is 4. The fraction of sp³-hybridized carbons (Fsp3) is 0.800. The Bertz CT molecular complexity index is 232. The van der Waals surface area contributed by atoms with E-state index in [-0.39, 0.29) is 5.78 Å². The maximum Gasteiger partial charge on any atom is 0.407 e. The first-order valence-electron chi connectivity index (χ1n) is 5.27. The second-order valence-electron chi connectivity index (χ2n) is 4.05. The average molecular weight is 214 g/mol. The predicted molar refractivity (Wildman–Crippen MR) is 55.9 cm³/mol. The van der Waals surface area contributed by atoms with E-state index < -0.39 is 6.09 Å². The molecule has 86 valence electrons. The Kier molecular flexibility index (Phi) is 4.55. The number of nitrogens with one attached hydrogen (secondary N) is 1. The summed E-state index contributed by atoms with van der Waals surface area (Å²) in [5, 5.41) is 11.8. The van der Waals surface area contributed by atoms with Crippen LogP contribution in [0, 0.1) is 5.92 Å². The third kappa shape index (κ3) is 4.29. The van der Waals surface area contributed by atoms with Crippen LogP contribution in [0.1, 0.15) is 19.8 Å². The van der Waals surface area contributed by atoms with Crippen LogP contribution in [0.3, 0.4) is 0 Å².